The lowest BCUT2D eigenvalue weighted by molar-refractivity contribution is -0.125. The summed E-state index contributed by atoms with van der Waals surface area (Å²) in [6, 6.07) is 13.3. The van der Waals surface area contributed by atoms with Crippen LogP contribution in [0.5, 0.6) is 0 Å². The van der Waals surface area contributed by atoms with Gasteiger partial charge in [0, 0.05) is 10.6 Å². The summed E-state index contributed by atoms with van der Waals surface area (Å²) < 4.78 is 5.25. The zero-order chi connectivity index (χ0) is 17.8. The summed E-state index contributed by atoms with van der Waals surface area (Å²) >= 11 is 6.02. The van der Waals surface area contributed by atoms with Gasteiger partial charge in [0.05, 0.1) is 18.7 Å². The van der Waals surface area contributed by atoms with Crippen molar-refractivity contribution < 1.29 is 19.1 Å². The minimum absolute atomic E-state index is 0.0191. The molecule has 3 rings (SSSR count). The third-order valence-corrected chi connectivity index (χ3v) is 4.15. The number of ether oxygens (including phenoxy) is 1. The van der Waals surface area contributed by atoms with Crippen LogP contribution in [-0.4, -0.2) is 29.4 Å². The van der Waals surface area contributed by atoms with E-state index in [2.05, 4.69) is 5.32 Å². The van der Waals surface area contributed by atoms with E-state index in [1.807, 2.05) is 6.07 Å². The number of hydrogen-bond donors (Lipinski definition) is 1. The van der Waals surface area contributed by atoms with Gasteiger partial charge in [0.1, 0.15) is 6.61 Å². The summed E-state index contributed by atoms with van der Waals surface area (Å²) in [6.07, 6.45) is 0. The molecule has 1 aliphatic heterocycles. The van der Waals surface area contributed by atoms with Crippen molar-refractivity contribution in [3.63, 3.8) is 0 Å². The molecule has 1 aliphatic rings. The molecule has 0 spiro atoms. The molecule has 0 saturated carbocycles. The molecule has 1 fully saturated rings. The zero-order valence-electron chi connectivity index (χ0n) is 13.2. The zero-order valence-corrected chi connectivity index (χ0v) is 14.0. The topological polar surface area (TPSA) is 75.7 Å². The van der Waals surface area contributed by atoms with Crippen molar-refractivity contribution in [2.24, 2.45) is 0 Å². The van der Waals surface area contributed by atoms with E-state index in [-0.39, 0.29) is 25.6 Å². The minimum atomic E-state index is -0.471. The highest BCUT2D eigenvalue weighted by Gasteiger charge is 2.28. The van der Waals surface area contributed by atoms with Gasteiger partial charge in [0.2, 0.25) is 5.91 Å². The first-order valence-corrected chi connectivity index (χ1v) is 8.00. The molecule has 128 valence electrons. The molecule has 0 unspecified atom stereocenters. The van der Waals surface area contributed by atoms with Crippen LogP contribution in [0.25, 0.3) is 0 Å². The number of esters is 1. The van der Waals surface area contributed by atoms with Crippen molar-refractivity contribution in [1.82, 2.24) is 10.2 Å². The number of nitrogens with zero attached hydrogens (tertiary/aromatic N) is 1. The van der Waals surface area contributed by atoms with Crippen LogP contribution in [0.4, 0.5) is 4.79 Å². The van der Waals surface area contributed by atoms with Crippen LogP contribution in [0.2, 0.25) is 5.02 Å². The van der Waals surface area contributed by atoms with Crippen LogP contribution in [0.15, 0.2) is 48.5 Å². The van der Waals surface area contributed by atoms with E-state index in [4.69, 9.17) is 16.3 Å². The van der Waals surface area contributed by atoms with Crippen LogP contribution >= 0.6 is 11.6 Å². The number of nitrogens with one attached hydrogen (secondary N) is 1. The number of halogens is 1. The second kappa shape index (κ2) is 7.36. The Morgan fingerprint density at radius 2 is 1.84 bits per heavy atom. The number of urea groups is 1. The van der Waals surface area contributed by atoms with Crippen LogP contribution in [-0.2, 0) is 22.7 Å². The van der Waals surface area contributed by atoms with Gasteiger partial charge in [-0.05, 0) is 23.8 Å². The molecule has 3 amide bonds. The largest absolute Gasteiger partial charge is 0.457 e. The molecule has 1 heterocycles. The second-order valence-corrected chi connectivity index (χ2v) is 5.91. The van der Waals surface area contributed by atoms with Crippen molar-refractivity contribution in [2.75, 3.05) is 6.54 Å². The van der Waals surface area contributed by atoms with Gasteiger partial charge in [0.25, 0.3) is 0 Å². The van der Waals surface area contributed by atoms with E-state index in [1.54, 1.807) is 42.5 Å². The molecule has 1 saturated heterocycles. The average molecular weight is 359 g/mol. The Kier molecular flexibility index (Phi) is 5.00. The molecular formula is C18H15ClN2O4. The molecule has 0 atom stereocenters. The highest BCUT2D eigenvalue weighted by molar-refractivity contribution is 6.31. The normalized spacial score (nSPS) is 13.7. The minimum Gasteiger partial charge on any atom is -0.457 e. The van der Waals surface area contributed by atoms with E-state index in [0.29, 0.717) is 10.6 Å². The number of rotatable bonds is 5. The summed E-state index contributed by atoms with van der Waals surface area (Å²) in [6.45, 7) is 0.271. The molecule has 25 heavy (non-hydrogen) atoms. The third-order valence-electron chi connectivity index (χ3n) is 3.78. The number of hydrogen-bond acceptors (Lipinski definition) is 4. The summed E-state index contributed by atoms with van der Waals surface area (Å²) in [5, 5.41) is 3.00. The molecule has 2 aromatic rings. The van der Waals surface area contributed by atoms with Crippen molar-refractivity contribution >= 4 is 29.5 Å². The van der Waals surface area contributed by atoms with Gasteiger partial charge >= 0.3 is 12.0 Å². The lowest BCUT2D eigenvalue weighted by Crippen LogP contribution is -2.30. The molecule has 0 aliphatic carbocycles. The Balaban J connectivity index is 1.60. The molecule has 1 N–H and O–H groups in total. The van der Waals surface area contributed by atoms with Gasteiger partial charge in [-0.25, -0.2) is 9.59 Å². The third kappa shape index (κ3) is 3.97. The van der Waals surface area contributed by atoms with Crippen LogP contribution in [0.1, 0.15) is 21.5 Å². The van der Waals surface area contributed by atoms with E-state index in [1.165, 1.54) is 0 Å². The average Bonchev–Trinajstić information content (AvgIpc) is 2.93. The lowest BCUT2D eigenvalue weighted by atomic mass is 10.1. The van der Waals surface area contributed by atoms with Crippen LogP contribution < -0.4 is 5.32 Å². The summed E-state index contributed by atoms with van der Waals surface area (Å²) in [7, 11) is 0. The van der Waals surface area contributed by atoms with Gasteiger partial charge < -0.3 is 10.1 Å². The first-order valence-electron chi connectivity index (χ1n) is 7.62. The SMILES string of the molecule is O=C(OCc1ccccc1Cl)c1ccc(CN2C(=O)CNC2=O)cc1. The Bertz CT molecular complexity index is 804. The summed E-state index contributed by atoms with van der Waals surface area (Å²) in [5.41, 5.74) is 1.86. The highest BCUT2D eigenvalue weighted by atomic mass is 35.5. The fourth-order valence-electron chi connectivity index (χ4n) is 2.39. The van der Waals surface area contributed by atoms with Crippen LogP contribution in [0.3, 0.4) is 0 Å². The molecular weight excluding hydrogens is 344 g/mol. The quantitative estimate of drug-likeness (QED) is 0.658. The Hall–Kier alpha value is -2.86. The number of imide groups is 1. The van der Waals surface area contributed by atoms with Gasteiger partial charge in [-0.1, -0.05) is 41.9 Å². The fraction of sp³-hybridized carbons (Fsp3) is 0.167. The molecule has 6 nitrogen and oxygen atoms in total. The predicted octanol–water partition coefficient (Wildman–Crippen LogP) is 2.75. The van der Waals surface area contributed by atoms with Gasteiger partial charge in [-0.2, -0.15) is 0 Å². The Morgan fingerprint density at radius 1 is 1.12 bits per heavy atom. The van der Waals surface area contributed by atoms with E-state index in [0.717, 1.165) is 16.0 Å². The van der Waals surface area contributed by atoms with Crippen molar-refractivity contribution in [3.05, 3.63) is 70.2 Å². The maximum absolute atomic E-state index is 12.1. The monoisotopic (exact) mass is 358 g/mol. The Labute approximate surface area is 149 Å². The number of carbonyl (C=O) groups excluding carboxylic acids is 3. The molecule has 0 bridgehead atoms. The predicted molar refractivity (Wildman–Crippen MR) is 91.0 cm³/mol. The number of amides is 3. The number of carbonyl (C=O) groups is 3. The molecule has 2 aromatic carbocycles. The first kappa shape index (κ1) is 17.0. The maximum Gasteiger partial charge on any atom is 0.338 e. The molecule has 0 aromatic heterocycles. The smallest absolute Gasteiger partial charge is 0.338 e. The van der Waals surface area contributed by atoms with E-state index >= 15 is 0 Å². The van der Waals surface area contributed by atoms with Crippen molar-refractivity contribution in [2.45, 2.75) is 13.2 Å². The molecule has 0 radical (unpaired) electrons. The van der Waals surface area contributed by atoms with Gasteiger partial charge in [-0.15, -0.1) is 0 Å². The standard InChI is InChI=1S/C18H15ClN2O4/c19-15-4-2-1-3-14(15)11-25-17(23)13-7-5-12(6-8-13)10-21-16(22)9-20-18(21)24/h1-8H,9-11H2,(H,20,24). The van der Waals surface area contributed by atoms with E-state index < -0.39 is 12.0 Å². The van der Waals surface area contributed by atoms with Gasteiger partial charge in [0.15, 0.2) is 0 Å². The lowest BCUT2D eigenvalue weighted by Gasteiger charge is -2.12. The van der Waals surface area contributed by atoms with Gasteiger partial charge in [-0.3, -0.25) is 9.69 Å². The summed E-state index contributed by atoms with van der Waals surface area (Å²) in [5.74, 6) is -0.741. The summed E-state index contributed by atoms with van der Waals surface area (Å²) in [4.78, 5) is 36.3. The second-order valence-electron chi connectivity index (χ2n) is 5.50. The molecule has 7 heteroatoms. The van der Waals surface area contributed by atoms with Crippen LogP contribution in [0, 0.1) is 0 Å². The first-order chi connectivity index (χ1) is 12.0. The maximum atomic E-state index is 12.1. The van der Waals surface area contributed by atoms with E-state index in [9.17, 15) is 14.4 Å². The number of benzene rings is 2. The van der Waals surface area contributed by atoms with Crippen molar-refractivity contribution in [3.8, 4) is 0 Å². The van der Waals surface area contributed by atoms with Crippen molar-refractivity contribution in [1.29, 1.82) is 0 Å². The fourth-order valence-corrected chi connectivity index (χ4v) is 2.58. The Morgan fingerprint density at radius 3 is 2.48 bits per heavy atom. The highest BCUT2D eigenvalue weighted by Crippen LogP contribution is 2.17.